The highest BCUT2D eigenvalue weighted by Crippen LogP contribution is 2.39. The summed E-state index contributed by atoms with van der Waals surface area (Å²) < 4.78 is 13.0. The van der Waals surface area contributed by atoms with Gasteiger partial charge in [0.15, 0.2) is 11.4 Å². The van der Waals surface area contributed by atoms with E-state index in [2.05, 4.69) is 44.9 Å². The van der Waals surface area contributed by atoms with Gasteiger partial charge in [-0.25, -0.2) is 9.97 Å². The molecule has 0 bridgehead atoms. The number of nitrogens with two attached hydrogens (primary N) is 1. The van der Waals surface area contributed by atoms with Crippen LogP contribution in [0.25, 0.3) is 11.1 Å². The van der Waals surface area contributed by atoms with Gasteiger partial charge in [0.2, 0.25) is 11.8 Å². The quantitative estimate of drug-likeness (QED) is 0.0346. The maximum Gasteiger partial charge on any atom is 0.224 e. The van der Waals surface area contributed by atoms with Gasteiger partial charge in [-0.3, -0.25) is 9.59 Å². The molecule has 1 saturated heterocycles. The Balaban J connectivity index is 0.996. The highest BCUT2D eigenvalue weighted by atomic mass is 32.2. The largest absolute Gasteiger partial charge is 0.397 e. The maximum absolute atomic E-state index is 12.6. The number of aliphatic hydroxyl groups excluding tert-OH is 1. The summed E-state index contributed by atoms with van der Waals surface area (Å²) in [7, 11) is 0. The molecule has 0 unspecified atom stereocenters. The number of rotatable bonds is 16. The highest BCUT2D eigenvalue weighted by Gasteiger charge is 2.32. The molecule has 2 heterocycles. The van der Waals surface area contributed by atoms with Crippen LogP contribution in [0.2, 0.25) is 0 Å². The molecular formula is C42H45N5O5S. The molecule has 53 heavy (non-hydrogen) atoms. The van der Waals surface area contributed by atoms with E-state index >= 15 is 0 Å². The second kappa shape index (κ2) is 19.1. The molecule has 5 N–H and O–H groups in total. The number of ether oxygens (including phenoxy) is 2. The molecule has 1 aromatic heterocycles. The van der Waals surface area contributed by atoms with E-state index in [0.29, 0.717) is 60.9 Å². The number of nitrogens with zero attached hydrogens (tertiary/aromatic N) is 2. The zero-order chi connectivity index (χ0) is 36.8. The molecule has 0 spiro atoms. The maximum atomic E-state index is 12.6. The van der Waals surface area contributed by atoms with Crippen molar-refractivity contribution < 1.29 is 24.2 Å². The van der Waals surface area contributed by atoms with Crippen LogP contribution in [-0.2, 0) is 32.2 Å². The van der Waals surface area contributed by atoms with Crippen LogP contribution in [0.3, 0.4) is 0 Å². The Morgan fingerprint density at radius 2 is 1.51 bits per heavy atom. The molecule has 0 aliphatic carbocycles. The molecule has 11 heteroatoms. The Morgan fingerprint density at radius 1 is 0.774 bits per heavy atom. The standard InChI is InChI=1S/C42H45N5O5S/c43-36-10-4-5-11-37(36)47-40(50)13-3-1-2-12-39(49)46-26-30-8-6-9-34(24-30)31-18-20-33(21-19-31)41-51-35(28-53-42-44-22-7-23-45-42)25-38(52-41)32-16-14-29(27-48)15-17-32/h4-11,14-24,35,38,41,48H,1-3,12-13,25-28,43H2,(H,46,49)(H,47,50)/t35-,38+,41+/m1/s1. The molecule has 1 fully saturated rings. The van der Waals surface area contributed by atoms with Gasteiger partial charge in [0.25, 0.3) is 0 Å². The molecule has 1 aliphatic heterocycles. The predicted molar refractivity (Wildman–Crippen MR) is 207 cm³/mol. The Hall–Kier alpha value is -5.07. The number of amides is 2. The molecule has 6 rings (SSSR count). The Labute approximate surface area is 314 Å². The van der Waals surface area contributed by atoms with Gasteiger partial charge in [0.05, 0.1) is 30.2 Å². The average Bonchev–Trinajstić information content (AvgIpc) is 3.20. The number of benzene rings is 4. The topological polar surface area (TPSA) is 149 Å². The third-order valence-electron chi connectivity index (χ3n) is 9.03. The smallest absolute Gasteiger partial charge is 0.224 e. The number of carbonyl (C=O) groups is 2. The third kappa shape index (κ3) is 11.2. The van der Waals surface area contributed by atoms with Gasteiger partial charge in [0.1, 0.15) is 0 Å². The van der Waals surface area contributed by atoms with Crippen LogP contribution in [0, 0.1) is 0 Å². The van der Waals surface area contributed by atoms with E-state index in [0.717, 1.165) is 39.8 Å². The van der Waals surface area contributed by atoms with Crippen molar-refractivity contribution in [1.29, 1.82) is 0 Å². The summed E-state index contributed by atoms with van der Waals surface area (Å²) in [5, 5.41) is 16.1. The highest BCUT2D eigenvalue weighted by molar-refractivity contribution is 7.99. The summed E-state index contributed by atoms with van der Waals surface area (Å²) in [5.41, 5.74) is 13.0. The summed E-state index contributed by atoms with van der Waals surface area (Å²) >= 11 is 1.56. The second-order valence-corrected chi connectivity index (χ2v) is 14.0. The van der Waals surface area contributed by atoms with Crippen molar-refractivity contribution in [3.05, 3.63) is 138 Å². The first-order valence-electron chi connectivity index (χ1n) is 17.9. The SMILES string of the molecule is Nc1ccccc1NC(=O)CCCCCC(=O)NCc1cccc(-c2ccc([C@H]3O[C@@H](CSc4ncccn4)C[C@@H](c4ccc(CO)cc4)O3)cc2)c1. The molecule has 0 radical (unpaired) electrons. The van der Waals surface area contributed by atoms with E-state index in [1.165, 1.54) is 0 Å². The summed E-state index contributed by atoms with van der Waals surface area (Å²) in [6.45, 7) is 0.429. The molecule has 274 valence electrons. The number of carbonyl (C=O) groups excluding carboxylic acids is 2. The zero-order valence-corrected chi connectivity index (χ0v) is 30.3. The van der Waals surface area contributed by atoms with Gasteiger partial charge in [-0.2, -0.15) is 0 Å². The van der Waals surface area contributed by atoms with Crippen LogP contribution in [0.4, 0.5) is 11.4 Å². The number of unbranched alkanes of at least 4 members (excludes halogenated alkanes) is 2. The fourth-order valence-corrected chi connectivity index (χ4v) is 6.92. The first-order chi connectivity index (χ1) is 25.9. The number of nitrogens with one attached hydrogen (secondary N) is 2. The summed E-state index contributed by atoms with van der Waals surface area (Å²) in [5.74, 6) is 0.594. The van der Waals surface area contributed by atoms with Crippen LogP contribution in [0.15, 0.2) is 121 Å². The summed E-state index contributed by atoms with van der Waals surface area (Å²) in [4.78, 5) is 33.5. The monoisotopic (exact) mass is 731 g/mol. The number of aromatic nitrogens is 2. The lowest BCUT2D eigenvalue weighted by Crippen LogP contribution is -2.31. The lowest BCUT2D eigenvalue weighted by molar-refractivity contribution is -0.245. The zero-order valence-electron chi connectivity index (χ0n) is 29.5. The van der Waals surface area contributed by atoms with E-state index in [-0.39, 0.29) is 30.6 Å². The molecule has 1 aliphatic rings. The molecule has 10 nitrogen and oxygen atoms in total. The Morgan fingerprint density at radius 3 is 2.26 bits per heavy atom. The van der Waals surface area contributed by atoms with E-state index in [1.54, 1.807) is 42.4 Å². The minimum absolute atomic E-state index is 0.00523. The first-order valence-corrected chi connectivity index (χ1v) is 18.9. The number of hydrogen-bond donors (Lipinski definition) is 4. The molecule has 4 aromatic carbocycles. The van der Waals surface area contributed by atoms with Gasteiger partial charge >= 0.3 is 0 Å². The first kappa shape index (κ1) is 37.7. The van der Waals surface area contributed by atoms with Gasteiger partial charge in [0, 0.05) is 49.5 Å². The van der Waals surface area contributed by atoms with Crippen LogP contribution in [0.1, 0.15) is 73.2 Å². The van der Waals surface area contributed by atoms with Crippen molar-refractivity contribution in [2.75, 3.05) is 16.8 Å². The average molecular weight is 732 g/mol. The normalized spacial score (nSPS) is 16.9. The minimum atomic E-state index is -0.560. The molecular weight excluding hydrogens is 687 g/mol. The van der Waals surface area contributed by atoms with Gasteiger partial charge in [-0.05, 0) is 64.9 Å². The summed E-state index contributed by atoms with van der Waals surface area (Å²) in [6.07, 6.45) is 6.32. The van der Waals surface area contributed by atoms with Gasteiger partial charge in [-0.15, -0.1) is 0 Å². The van der Waals surface area contributed by atoms with Crippen LogP contribution in [0.5, 0.6) is 0 Å². The van der Waals surface area contributed by atoms with E-state index in [1.807, 2.05) is 60.7 Å². The van der Waals surface area contributed by atoms with Crippen molar-refractivity contribution in [2.45, 2.75) is 75.3 Å². The van der Waals surface area contributed by atoms with E-state index in [9.17, 15) is 14.7 Å². The summed E-state index contributed by atoms with van der Waals surface area (Å²) in [6, 6.07) is 33.2. The number of thioether (sulfide) groups is 1. The fourth-order valence-electron chi connectivity index (χ4n) is 6.10. The fraction of sp³-hybridized carbons (Fsp3) is 0.286. The Bertz CT molecular complexity index is 1930. The lowest BCUT2D eigenvalue weighted by atomic mass is 9.99. The molecule has 2 amide bonds. The number of aliphatic hydroxyl groups is 1. The lowest BCUT2D eigenvalue weighted by Gasteiger charge is -2.36. The van der Waals surface area contributed by atoms with Gasteiger partial charge in [-0.1, -0.05) is 97.0 Å². The van der Waals surface area contributed by atoms with Crippen molar-refractivity contribution in [3.63, 3.8) is 0 Å². The van der Waals surface area contributed by atoms with Crippen molar-refractivity contribution in [3.8, 4) is 11.1 Å². The van der Waals surface area contributed by atoms with Crippen molar-refractivity contribution >= 4 is 35.0 Å². The number of para-hydroxylation sites is 2. The van der Waals surface area contributed by atoms with Crippen molar-refractivity contribution in [1.82, 2.24) is 15.3 Å². The molecule has 3 atom stereocenters. The van der Waals surface area contributed by atoms with Crippen LogP contribution < -0.4 is 16.4 Å². The second-order valence-electron chi connectivity index (χ2n) is 13.0. The van der Waals surface area contributed by atoms with Gasteiger partial charge < -0.3 is 30.9 Å². The van der Waals surface area contributed by atoms with E-state index in [4.69, 9.17) is 15.2 Å². The molecule has 0 saturated carbocycles. The third-order valence-corrected chi connectivity index (χ3v) is 10.0. The van der Waals surface area contributed by atoms with Crippen molar-refractivity contribution in [2.24, 2.45) is 0 Å². The van der Waals surface area contributed by atoms with E-state index < -0.39 is 6.29 Å². The van der Waals surface area contributed by atoms with Crippen LogP contribution in [-0.4, -0.2) is 38.7 Å². The Kier molecular flexibility index (Phi) is 13.6. The minimum Gasteiger partial charge on any atom is -0.397 e. The molecule has 5 aromatic rings. The number of nitrogen functional groups attached to an aromatic ring is 1. The number of hydrogen-bond acceptors (Lipinski definition) is 9. The predicted octanol–water partition coefficient (Wildman–Crippen LogP) is 7.76. The van der Waals surface area contributed by atoms with Crippen LogP contribution >= 0.6 is 11.8 Å². The number of anilines is 2.